The molecule has 7 nitrogen and oxygen atoms in total. The van der Waals surface area contributed by atoms with Gasteiger partial charge in [0.15, 0.2) is 21.3 Å². The number of benzene rings is 1. The number of imidazole rings is 1. The van der Waals surface area contributed by atoms with Crippen molar-refractivity contribution < 1.29 is 8.42 Å². The highest BCUT2D eigenvalue weighted by atomic mass is 32.2. The molecule has 3 rings (SSSR count). The molecule has 1 aromatic carbocycles. The molecule has 2 N–H and O–H groups in total. The van der Waals surface area contributed by atoms with Crippen LogP contribution in [0.1, 0.15) is 25.2 Å². The number of sulfone groups is 1. The van der Waals surface area contributed by atoms with E-state index in [1.54, 1.807) is 55.2 Å². The van der Waals surface area contributed by atoms with E-state index in [1.165, 1.54) is 6.20 Å². The van der Waals surface area contributed by atoms with Gasteiger partial charge in [0, 0.05) is 12.6 Å². The van der Waals surface area contributed by atoms with Crippen LogP contribution in [0.4, 0.5) is 5.82 Å². The smallest absolute Gasteiger partial charge is 0.180 e. The highest BCUT2D eigenvalue weighted by molar-refractivity contribution is 7.92. The summed E-state index contributed by atoms with van der Waals surface area (Å²) in [6, 6.07) is 6.55. The lowest BCUT2D eigenvalue weighted by Gasteiger charge is -2.08. The van der Waals surface area contributed by atoms with Gasteiger partial charge in [-0.15, -0.1) is 0 Å². The normalized spacial score (nSPS) is 11.3. The average Bonchev–Trinajstić information content (AvgIpc) is 3.06. The second-order valence-electron chi connectivity index (χ2n) is 6.25. The van der Waals surface area contributed by atoms with E-state index in [9.17, 15) is 8.42 Å². The van der Waals surface area contributed by atoms with Gasteiger partial charge < -0.3 is 10.3 Å². The minimum absolute atomic E-state index is 0.229. The first-order valence-corrected chi connectivity index (χ1v) is 9.79. The van der Waals surface area contributed by atoms with E-state index in [0.29, 0.717) is 11.4 Å². The van der Waals surface area contributed by atoms with Crippen molar-refractivity contribution in [1.82, 2.24) is 19.5 Å². The summed E-state index contributed by atoms with van der Waals surface area (Å²) in [4.78, 5) is 12.9. The van der Waals surface area contributed by atoms with Crippen LogP contribution < -0.4 is 5.73 Å². The molecule has 0 atom stereocenters. The number of nitrogens with two attached hydrogens (primary N) is 1. The van der Waals surface area contributed by atoms with Gasteiger partial charge in [-0.2, -0.15) is 0 Å². The Morgan fingerprint density at radius 3 is 2.41 bits per heavy atom. The van der Waals surface area contributed by atoms with Crippen LogP contribution in [-0.4, -0.2) is 33.2 Å². The van der Waals surface area contributed by atoms with Gasteiger partial charge >= 0.3 is 0 Å². The Labute approximate surface area is 158 Å². The van der Waals surface area contributed by atoms with Gasteiger partial charge in [-0.05, 0) is 37.8 Å². The Morgan fingerprint density at radius 2 is 1.81 bits per heavy atom. The van der Waals surface area contributed by atoms with Crippen LogP contribution in [0, 0.1) is 11.8 Å². The van der Waals surface area contributed by atoms with Crippen LogP contribution in [0.25, 0.3) is 11.3 Å². The first-order chi connectivity index (χ1) is 12.8. The third kappa shape index (κ3) is 3.83. The molecule has 138 valence electrons. The molecule has 0 saturated heterocycles. The lowest BCUT2D eigenvalue weighted by molar-refractivity contribution is 0.587. The maximum Gasteiger partial charge on any atom is 0.180 e. The fourth-order valence-corrected chi connectivity index (χ4v) is 3.38. The molecule has 0 saturated carbocycles. The minimum Gasteiger partial charge on any atom is -0.381 e. The summed E-state index contributed by atoms with van der Waals surface area (Å²) in [7, 11) is -1.47. The summed E-state index contributed by atoms with van der Waals surface area (Å²) < 4.78 is 26.3. The Bertz CT molecular complexity index is 1140. The topological polar surface area (TPSA) is 104 Å². The molecule has 0 bridgehead atoms. The van der Waals surface area contributed by atoms with E-state index in [2.05, 4.69) is 26.8 Å². The van der Waals surface area contributed by atoms with Crippen molar-refractivity contribution in [3.8, 4) is 23.1 Å². The first-order valence-electron chi connectivity index (χ1n) is 8.24. The number of aromatic nitrogens is 4. The number of anilines is 1. The fraction of sp³-hybridized carbons (Fsp3) is 0.211. The number of nitrogen functional groups attached to an aromatic ring is 1. The zero-order valence-corrected chi connectivity index (χ0v) is 16.0. The Balaban J connectivity index is 1.95. The molecule has 0 aliphatic heterocycles. The van der Waals surface area contributed by atoms with Gasteiger partial charge in [0.1, 0.15) is 5.69 Å². The fourth-order valence-electron chi connectivity index (χ4n) is 2.32. The lowest BCUT2D eigenvalue weighted by Crippen LogP contribution is -2.13. The largest absolute Gasteiger partial charge is 0.381 e. The molecule has 3 aromatic rings. The molecular weight excluding hydrogens is 362 g/mol. The molecule has 0 aliphatic rings. The van der Waals surface area contributed by atoms with Crippen molar-refractivity contribution in [3.63, 3.8) is 0 Å². The average molecular weight is 381 g/mol. The number of hydrogen-bond acceptors (Lipinski definition) is 6. The van der Waals surface area contributed by atoms with E-state index in [0.717, 1.165) is 11.3 Å². The Hall–Kier alpha value is -3.18. The van der Waals surface area contributed by atoms with E-state index < -0.39 is 15.1 Å². The molecule has 0 spiro atoms. The van der Waals surface area contributed by atoms with E-state index in [1.807, 2.05) is 7.05 Å². The number of aryl methyl sites for hydroxylation is 1. The second kappa shape index (κ2) is 7.21. The maximum absolute atomic E-state index is 12.2. The number of hydrogen-bond donors (Lipinski definition) is 1. The molecule has 2 aromatic heterocycles. The van der Waals surface area contributed by atoms with Crippen LogP contribution in [0.15, 0.2) is 47.9 Å². The van der Waals surface area contributed by atoms with Crippen LogP contribution in [-0.2, 0) is 16.9 Å². The minimum atomic E-state index is -3.32. The molecule has 0 radical (unpaired) electrons. The van der Waals surface area contributed by atoms with Crippen molar-refractivity contribution in [3.05, 3.63) is 54.4 Å². The summed E-state index contributed by atoms with van der Waals surface area (Å²) in [6.07, 6.45) is 4.84. The third-order valence-corrected chi connectivity index (χ3v) is 6.20. The summed E-state index contributed by atoms with van der Waals surface area (Å²) in [5, 5.41) is -0.478. The summed E-state index contributed by atoms with van der Waals surface area (Å²) >= 11 is 0. The molecule has 0 fully saturated rings. The van der Waals surface area contributed by atoms with Crippen LogP contribution in [0.5, 0.6) is 0 Å². The van der Waals surface area contributed by atoms with Gasteiger partial charge in [-0.25, -0.2) is 23.4 Å². The molecule has 0 aliphatic carbocycles. The quantitative estimate of drug-likeness (QED) is 0.696. The molecular formula is C19H19N5O2S. The van der Waals surface area contributed by atoms with Gasteiger partial charge in [0.05, 0.1) is 34.6 Å². The second-order valence-corrected chi connectivity index (χ2v) is 8.75. The molecule has 2 heterocycles. The molecule has 0 unspecified atom stereocenters. The lowest BCUT2D eigenvalue weighted by atomic mass is 10.1. The van der Waals surface area contributed by atoms with Crippen LogP contribution >= 0.6 is 0 Å². The zero-order valence-electron chi connectivity index (χ0n) is 15.2. The Morgan fingerprint density at radius 1 is 1.11 bits per heavy atom. The highest BCUT2D eigenvalue weighted by Gasteiger charge is 2.19. The Kier molecular flexibility index (Phi) is 4.97. The third-order valence-electron chi connectivity index (χ3n) is 4.03. The first kappa shape index (κ1) is 18.6. The van der Waals surface area contributed by atoms with Gasteiger partial charge in [0.25, 0.3) is 0 Å². The monoisotopic (exact) mass is 381 g/mol. The van der Waals surface area contributed by atoms with Gasteiger partial charge in [-0.3, -0.25) is 0 Å². The van der Waals surface area contributed by atoms with Crippen LogP contribution in [0.2, 0.25) is 0 Å². The van der Waals surface area contributed by atoms with Crippen molar-refractivity contribution in [2.24, 2.45) is 7.05 Å². The summed E-state index contributed by atoms with van der Waals surface area (Å²) in [5.74, 6) is 6.10. The highest BCUT2D eigenvalue weighted by Crippen LogP contribution is 2.22. The number of rotatable bonds is 3. The van der Waals surface area contributed by atoms with Crippen molar-refractivity contribution in [2.45, 2.75) is 24.0 Å². The van der Waals surface area contributed by atoms with Crippen molar-refractivity contribution in [2.75, 3.05) is 5.73 Å². The summed E-state index contributed by atoms with van der Waals surface area (Å²) in [6.45, 7) is 3.31. The molecule has 0 amide bonds. The SMILES string of the molecule is CC(C)S(=O)(=O)c1ccc(-c2cnc(N)c(C#Cc3cncn3C)n2)cc1. The standard InChI is InChI=1S/C19H19N5O2S/c1-13(2)27(25,26)16-7-4-14(5-8-16)18-11-22-19(20)17(23-18)9-6-15-10-21-12-24(15)3/h4-5,7-8,10-13H,1-3H3,(H2,20,22). The van der Waals surface area contributed by atoms with Crippen molar-refractivity contribution >= 4 is 15.7 Å². The molecule has 8 heteroatoms. The van der Waals surface area contributed by atoms with E-state index in [4.69, 9.17) is 5.73 Å². The summed E-state index contributed by atoms with van der Waals surface area (Å²) in [5.41, 5.74) is 8.26. The maximum atomic E-state index is 12.2. The number of nitrogens with zero attached hydrogens (tertiary/aromatic N) is 4. The van der Waals surface area contributed by atoms with Gasteiger partial charge in [0.2, 0.25) is 0 Å². The van der Waals surface area contributed by atoms with Gasteiger partial charge in [-0.1, -0.05) is 12.1 Å². The van der Waals surface area contributed by atoms with E-state index in [-0.39, 0.29) is 10.7 Å². The van der Waals surface area contributed by atoms with Crippen molar-refractivity contribution in [1.29, 1.82) is 0 Å². The zero-order chi connectivity index (χ0) is 19.6. The predicted molar refractivity (Wildman–Crippen MR) is 103 cm³/mol. The van der Waals surface area contributed by atoms with E-state index >= 15 is 0 Å². The van der Waals surface area contributed by atoms with Crippen LogP contribution in [0.3, 0.4) is 0 Å². The molecule has 27 heavy (non-hydrogen) atoms. The predicted octanol–water partition coefficient (Wildman–Crippen LogP) is 2.04.